The highest BCUT2D eigenvalue weighted by atomic mass is 79.9. The maximum atomic E-state index is 11.2. The van der Waals surface area contributed by atoms with Gasteiger partial charge in [0.2, 0.25) is 5.91 Å². The fourth-order valence-electron chi connectivity index (χ4n) is 1.25. The molecule has 0 aliphatic rings. The van der Waals surface area contributed by atoms with Crippen LogP contribution in [0.1, 0.15) is 17.9 Å². The van der Waals surface area contributed by atoms with Crippen molar-refractivity contribution in [2.24, 2.45) is 0 Å². The highest BCUT2D eigenvalue weighted by Crippen LogP contribution is 2.22. The van der Waals surface area contributed by atoms with Crippen LogP contribution in [0.2, 0.25) is 0 Å². The molecule has 1 aromatic carbocycles. The first-order valence-electron chi connectivity index (χ1n) is 4.53. The standard InChI is InChI=1S/C11H11BrN2O/c1-14-11(15)6-9(7-13)8-3-2-4-10(12)5-8/h2-5,9H,6H2,1H3,(H,14,15). The molecule has 0 saturated heterocycles. The molecule has 3 nitrogen and oxygen atoms in total. The van der Waals surface area contributed by atoms with Gasteiger partial charge in [-0.05, 0) is 17.7 Å². The molecule has 4 heteroatoms. The van der Waals surface area contributed by atoms with Crippen molar-refractivity contribution in [3.8, 4) is 6.07 Å². The van der Waals surface area contributed by atoms with Crippen LogP contribution in [0.4, 0.5) is 0 Å². The zero-order chi connectivity index (χ0) is 11.3. The molecule has 15 heavy (non-hydrogen) atoms. The fourth-order valence-corrected chi connectivity index (χ4v) is 1.67. The second-order valence-corrected chi connectivity index (χ2v) is 4.03. The molecule has 0 fully saturated rings. The van der Waals surface area contributed by atoms with Gasteiger partial charge in [0.1, 0.15) is 0 Å². The van der Waals surface area contributed by atoms with Crippen LogP contribution in [0.3, 0.4) is 0 Å². The SMILES string of the molecule is CNC(=O)CC(C#N)c1cccc(Br)c1. The molecular weight excluding hydrogens is 256 g/mol. The Morgan fingerprint density at radius 3 is 2.93 bits per heavy atom. The minimum absolute atomic E-state index is 0.124. The molecule has 0 aromatic heterocycles. The van der Waals surface area contributed by atoms with Crippen molar-refractivity contribution in [1.29, 1.82) is 5.26 Å². The second-order valence-electron chi connectivity index (χ2n) is 3.11. The number of nitrogens with zero attached hydrogens (tertiary/aromatic N) is 1. The Labute approximate surface area is 97.2 Å². The summed E-state index contributed by atoms with van der Waals surface area (Å²) in [5, 5.41) is 11.5. The summed E-state index contributed by atoms with van der Waals surface area (Å²) >= 11 is 3.33. The molecule has 0 spiro atoms. The van der Waals surface area contributed by atoms with Gasteiger partial charge in [-0.15, -0.1) is 0 Å². The van der Waals surface area contributed by atoms with E-state index in [0.717, 1.165) is 10.0 Å². The molecule has 0 saturated carbocycles. The monoisotopic (exact) mass is 266 g/mol. The van der Waals surface area contributed by atoms with Gasteiger partial charge >= 0.3 is 0 Å². The number of nitriles is 1. The Hall–Kier alpha value is -1.34. The summed E-state index contributed by atoms with van der Waals surface area (Å²) in [6, 6.07) is 9.58. The third-order valence-electron chi connectivity index (χ3n) is 2.08. The lowest BCUT2D eigenvalue weighted by Crippen LogP contribution is -2.20. The predicted molar refractivity (Wildman–Crippen MR) is 61.2 cm³/mol. The Morgan fingerprint density at radius 2 is 2.40 bits per heavy atom. The van der Waals surface area contributed by atoms with Crippen LogP contribution in [0.5, 0.6) is 0 Å². The molecule has 1 N–H and O–H groups in total. The van der Waals surface area contributed by atoms with Crippen molar-refractivity contribution < 1.29 is 4.79 Å². The van der Waals surface area contributed by atoms with Gasteiger partial charge in [-0.1, -0.05) is 28.1 Å². The van der Waals surface area contributed by atoms with E-state index < -0.39 is 0 Å². The van der Waals surface area contributed by atoms with E-state index in [4.69, 9.17) is 5.26 Å². The Balaban J connectivity index is 2.84. The maximum Gasteiger partial charge on any atom is 0.221 e. The van der Waals surface area contributed by atoms with E-state index in [2.05, 4.69) is 27.3 Å². The van der Waals surface area contributed by atoms with E-state index in [-0.39, 0.29) is 18.2 Å². The average molecular weight is 267 g/mol. The van der Waals surface area contributed by atoms with Crippen molar-refractivity contribution >= 4 is 21.8 Å². The number of nitrogens with one attached hydrogen (secondary N) is 1. The molecular formula is C11H11BrN2O. The molecule has 0 bridgehead atoms. The number of halogens is 1. The van der Waals surface area contributed by atoms with Crippen LogP contribution < -0.4 is 5.32 Å². The minimum atomic E-state index is -0.387. The number of hydrogen-bond acceptors (Lipinski definition) is 2. The van der Waals surface area contributed by atoms with Gasteiger partial charge in [-0.2, -0.15) is 5.26 Å². The van der Waals surface area contributed by atoms with E-state index in [1.165, 1.54) is 0 Å². The zero-order valence-electron chi connectivity index (χ0n) is 8.33. The Kier molecular flexibility index (Phi) is 4.32. The van der Waals surface area contributed by atoms with Crippen molar-refractivity contribution in [2.45, 2.75) is 12.3 Å². The summed E-state index contributed by atoms with van der Waals surface area (Å²) in [6.45, 7) is 0. The fraction of sp³-hybridized carbons (Fsp3) is 0.273. The van der Waals surface area contributed by atoms with Crippen molar-refractivity contribution in [2.75, 3.05) is 7.05 Å². The molecule has 1 atom stereocenters. The maximum absolute atomic E-state index is 11.2. The summed E-state index contributed by atoms with van der Waals surface area (Å²) in [6.07, 6.45) is 0.198. The van der Waals surface area contributed by atoms with Gasteiger partial charge in [0, 0.05) is 17.9 Å². The smallest absolute Gasteiger partial charge is 0.221 e. The first-order valence-corrected chi connectivity index (χ1v) is 5.32. The van der Waals surface area contributed by atoms with Gasteiger partial charge in [-0.25, -0.2) is 0 Å². The van der Waals surface area contributed by atoms with Gasteiger partial charge in [0.15, 0.2) is 0 Å². The summed E-state index contributed by atoms with van der Waals surface area (Å²) in [4.78, 5) is 11.2. The van der Waals surface area contributed by atoms with Crippen LogP contribution >= 0.6 is 15.9 Å². The molecule has 1 unspecified atom stereocenters. The van der Waals surface area contributed by atoms with E-state index in [9.17, 15) is 4.79 Å². The number of benzene rings is 1. The third-order valence-corrected chi connectivity index (χ3v) is 2.57. The lowest BCUT2D eigenvalue weighted by molar-refractivity contribution is -0.120. The average Bonchev–Trinajstić information content (AvgIpc) is 2.25. The molecule has 0 aliphatic carbocycles. The van der Waals surface area contributed by atoms with Gasteiger partial charge in [-0.3, -0.25) is 4.79 Å². The quantitative estimate of drug-likeness (QED) is 0.912. The number of carbonyl (C=O) groups excluding carboxylic acids is 1. The first-order chi connectivity index (χ1) is 7.17. The predicted octanol–water partition coefficient (Wildman–Crippen LogP) is 2.19. The molecule has 0 radical (unpaired) electrons. The number of hydrogen-bond donors (Lipinski definition) is 1. The van der Waals surface area contributed by atoms with Gasteiger partial charge in [0.25, 0.3) is 0 Å². The Bertz CT molecular complexity index is 398. The molecule has 0 aliphatic heterocycles. The molecule has 1 rings (SSSR count). The molecule has 1 aromatic rings. The molecule has 0 heterocycles. The highest BCUT2D eigenvalue weighted by Gasteiger charge is 2.14. The molecule has 1 amide bonds. The van der Waals surface area contributed by atoms with E-state index in [1.807, 2.05) is 24.3 Å². The van der Waals surface area contributed by atoms with Crippen LogP contribution in [0.15, 0.2) is 28.7 Å². The van der Waals surface area contributed by atoms with Crippen LogP contribution in [0.25, 0.3) is 0 Å². The van der Waals surface area contributed by atoms with Crippen LogP contribution in [0, 0.1) is 11.3 Å². The summed E-state index contributed by atoms with van der Waals surface area (Å²) in [5.74, 6) is -0.510. The van der Waals surface area contributed by atoms with E-state index in [0.29, 0.717) is 0 Å². The minimum Gasteiger partial charge on any atom is -0.359 e. The topological polar surface area (TPSA) is 52.9 Å². The summed E-state index contributed by atoms with van der Waals surface area (Å²) < 4.78 is 0.914. The lowest BCUT2D eigenvalue weighted by Gasteiger charge is -2.08. The van der Waals surface area contributed by atoms with E-state index >= 15 is 0 Å². The van der Waals surface area contributed by atoms with Crippen LogP contribution in [-0.4, -0.2) is 13.0 Å². The first kappa shape index (κ1) is 11.7. The van der Waals surface area contributed by atoms with E-state index in [1.54, 1.807) is 7.05 Å². The highest BCUT2D eigenvalue weighted by molar-refractivity contribution is 9.10. The normalized spacial score (nSPS) is 11.5. The van der Waals surface area contributed by atoms with Crippen molar-refractivity contribution in [3.05, 3.63) is 34.3 Å². The molecule has 78 valence electrons. The largest absolute Gasteiger partial charge is 0.359 e. The van der Waals surface area contributed by atoms with Crippen molar-refractivity contribution in [3.63, 3.8) is 0 Å². The summed E-state index contributed by atoms with van der Waals surface area (Å²) in [5.41, 5.74) is 0.857. The van der Waals surface area contributed by atoms with Gasteiger partial charge < -0.3 is 5.32 Å². The number of amides is 1. The lowest BCUT2D eigenvalue weighted by atomic mass is 9.97. The number of rotatable bonds is 3. The van der Waals surface area contributed by atoms with Gasteiger partial charge in [0.05, 0.1) is 12.0 Å². The van der Waals surface area contributed by atoms with Crippen molar-refractivity contribution in [1.82, 2.24) is 5.32 Å². The third kappa shape index (κ3) is 3.37. The second kappa shape index (κ2) is 5.52. The Morgan fingerprint density at radius 1 is 1.67 bits per heavy atom. The van der Waals surface area contributed by atoms with Crippen LogP contribution in [-0.2, 0) is 4.79 Å². The zero-order valence-corrected chi connectivity index (χ0v) is 9.91. The summed E-state index contributed by atoms with van der Waals surface area (Å²) in [7, 11) is 1.57. The number of carbonyl (C=O) groups is 1.